The second kappa shape index (κ2) is 10.3. The lowest BCUT2D eigenvalue weighted by molar-refractivity contribution is 0.0984. The highest BCUT2D eigenvalue weighted by molar-refractivity contribution is 6.06. The number of amides is 1. The third-order valence-electron chi connectivity index (χ3n) is 3.19. The van der Waals surface area contributed by atoms with Gasteiger partial charge in [0.15, 0.2) is 0 Å². The van der Waals surface area contributed by atoms with Gasteiger partial charge < -0.3 is 20.0 Å². The molecule has 1 aromatic carbocycles. The molecule has 0 aliphatic carbocycles. The summed E-state index contributed by atoms with van der Waals surface area (Å²) in [6.07, 6.45) is 1.47. The van der Waals surface area contributed by atoms with Gasteiger partial charge in [0.1, 0.15) is 12.0 Å². The molecule has 0 bridgehead atoms. The fraction of sp³-hybridized carbons (Fsp3) is 0.312. The largest absolute Gasteiger partial charge is 0.467 e. The summed E-state index contributed by atoms with van der Waals surface area (Å²) in [6.45, 7) is 1.68. The van der Waals surface area contributed by atoms with E-state index in [2.05, 4.69) is 0 Å². The number of hydrogen-bond acceptors (Lipinski definition) is 4. The Hall–Kier alpha value is -1.53. The lowest BCUT2D eigenvalue weighted by Crippen LogP contribution is -2.36. The minimum Gasteiger partial charge on any atom is -0.467 e. The maximum Gasteiger partial charge on any atom is 0.261 e. The molecular weight excluding hydrogens is 337 g/mol. The zero-order valence-electron chi connectivity index (χ0n) is 13.3. The number of para-hydroxylation sites is 1. The van der Waals surface area contributed by atoms with E-state index in [0.717, 1.165) is 12.2 Å². The van der Waals surface area contributed by atoms with E-state index in [1.807, 2.05) is 49.3 Å². The van der Waals surface area contributed by atoms with E-state index in [4.69, 9.17) is 10.2 Å². The van der Waals surface area contributed by atoms with E-state index < -0.39 is 0 Å². The summed E-state index contributed by atoms with van der Waals surface area (Å²) < 4.78 is 5.26. The summed E-state index contributed by atoms with van der Waals surface area (Å²) in [6, 6.07) is 11.3. The number of nitrogens with zero attached hydrogens (tertiary/aromatic N) is 2. The molecule has 2 aromatic rings. The van der Waals surface area contributed by atoms with Crippen molar-refractivity contribution in [1.29, 1.82) is 0 Å². The van der Waals surface area contributed by atoms with Gasteiger partial charge in [-0.15, -0.1) is 24.8 Å². The second-order valence-corrected chi connectivity index (χ2v) is 5.10. The minimum atomic E-state index is -0.0773. The smallest absolute Gasteiger partial charge is 0.261 e. The van der Waals surface area contributed by atoms with Crippen LogP contribution in [0.4, 0.5) is 5.69 Å². The summed E-state index contributed by atoms with van der Waals surface area (Å²) in [5.74, 6) is 0.533. The lowest BCUT2D eigenvalue weighted by Gasteiger charge is -2.24. The van der Waals surface area contributed by atoms with Crippen LogP contribution in [0.1, 0.15) is 16.1 Å². The number of hydrogen-bond donors (Lipinski definition) is 1. The van der Waals surface area contributed by atoms with Gasteiger partial charge in [-0.3, -0.25) is 4.79 Å². The van der Waals surface area contributed by atoms with Crippen LogP contribution in [0.5, 0.6) is 0 Å². The number of rotatable bonds is 6. The van der Waals surface area contributed by atoms with Gasteiger partial charge in [0.2, 0.25) is 0 Å². The van der Waals surface area contributed by atoms with Crippen molar-refractivity contribution >= 4 is 36.4 Å². The van der Waals surface area contributed by atoms with E-state index in [9.17, 15) is 4.79 Å². The topological polar surface area (TPSA) is 62.7 Å². The molecule has 0 unspecified atom stereocenters. The Balaban J connectivity index is 0.00000242. The SMILES string of the molecule is CN(C)CCN(C(=O)c1coc(CN)c1)c1ccccc1.Cl.Cl. The third-order valence-corrected chi connectivity index (χ3v) is 3.19. The number of furan rings is 1. The van der Waals surface area contributed by atoms with Crippen LogP contribution in [0, 0.1) is 0 Å². The summed E-state index contributed by atoms with van der Waals surface area (Å²) >= 11 is 0. The molecular formula is C16H23Cl2N3O2. The van der Waals surface area contributed by atoms with Gasteiger partial charge in [-0.2, -0.15) is 0 Å². The second-order valence-electron chi connectivity index (χ2n) is 5.10. The van der Waals surface area contributed by atoms with E-state index in [1.54, 1.807) is 11.0 Å². The number of likely N-dealkylation sites (N-methyl/N-ethyl adjacent to an activating group) is 1. The third kappa shape index (κ3) is 5.88. The molecule has 0 fully saturated rings. The molecule has 2 N–H and O–H groups in total. The van der Waals surface area contributed by atoms with Gasteiger partial charge in [-0.1, -0.05) is 18.2 Å². The molecule has 128 valence electrons. The lowest BCUT2D eigenvalue weighted by atomic mass is 10.2. The predicted octanol–water partition coefficient (Wildman–Crippen LogP) is 2.79. The van der Waals surface area contributed by atoms with Crippen LogP contribution in [0.3, 0.4) is 0 Å². The Morgan fingerprint density at radius 3 is 2.30 bits per heavy atom. The molecule has 2 rings (SSSR count). The molecule has 7 heteroatoms. The van der Waals surface area contributed by atoms with Crippen LogP contribution < -0.4 is 10.6 Å². The standard InChI is InChI=1S/C16H21N3O2.2ClH/c1-18(2)8-9-19(14-6-4-3-5-7-14)16(20)13-10-15(11-17)21-12-13;;/h3-7,10,12H,8-9,11,17H2,1-2H3;2*1H. The van der Waals surface area contributed by atoms with Crippen molar-refractivity contribution in [2.24, 2.45) is 5.73 Å². The molecule has 1 heterocycles. The number of halogens is 2. The van der Waals surface area contributed by atoms with Gasteiger partial charge in [-0.05, 0) is 32.3 Å². The van der Waals surface area contributed by atoms with E-state index in [1.165, 1.54) is 6.26 Å². The monoisotopic (exact) mass is 359 g/mol. The van der Waals surface area contributed by atoms with E-state index in [0.29, 0.717) is 17.9 Å². The van der Waals surface area contributed by atoms with Crippen molar-refractivity contribution in [3.63, 3.8) is 0 Å². The number of anilines is 1. The van der Waals surface area contributed by atoms with Crippen molar-refractivity contribution in [2.45, 2.75) is 6.54 Å². The van der Waals surface area contributed by atoms with Crippen LogP contribution in [0.15, 0.2) is 47.1 Å². The summed E-state index contributed by atoms with van der Waals surface area (Å²) in [5, 5.41) is 0. The average Bonchev–Trinajstić information content (AvgIpc) is 2.97. The summed E-state index contributed by atoms with van der Waals surface area (Å²) in [7, 11) is 3.97. The van der Waals surface area contributed by atoms with Crippen LogP contribution in [0.2, 0.25) is 0 Å². The Morgan fingerprint density at radius 2 is 1.78 bits per heavy atom. The van der Waals surface area contributed by atoms with Crippen molar-refractivity contribution in [3.8, 4) is 0 Å². The van der Waals surface area contributed by atoms with Gasteiger partial charge in [0.05, 0.1) is 12.1 Å². The van der Waals surface area contributed by atoms with Gasteiger partial charge >= 0.3 is 0 Å². The van der Waals surface area contributed by atoms with E-state index in [-0.39, 0.29) is 37.3 Å². The highest BCUT2D eigenvalue weighted by Gasteiger charge is 2.19. The van der Waals surface area contributed by atoms with Crippen molar-refractivity contribution < 1.29 is 9.21 Å². The highest BCUT2D eigenvalue weighted by atomic mass is 35.5. The van der Waals surface area contributed by atoms with Crippen molar-refractivity contribution in [3.05, 3.63) is 54.0 Å². The van der Waals surface area contributed by atoms with Crippen molar-refractivity contribution in [2.75, 3.05) is 32.1 Å². The van der Waals surface area contributed by atoms with E-state index >= 15 is 0 Å². The first-order valence-electron chi connectivity index (χ1n) is 6.91. The van der Waals surface area contributed by atoms with Crippen LogP contribution in [-0.2, 0) is 6.54 Å². The van der Waals surface area contributed by atoms with Gasteiger partial charge in [0, 0.05) is 18.8 Å². The summed E-state index contributed by atoms with van der Waals surface area (Å²) in [5.41, 5.74) is 6.92. The first-order valence-corrected chi connectivity index (χ1v) is 6.91. The molecule has 0 atom stereocenters. The predicted molar refractivity (Wildman–Crippen MR) is 97.8 cm³/mol. The Labute approximate surface area is 149 Å². The van der Waals surface area contributed by atoms with Crippen LogP contribution in [0.25, 0.3) is 0 Å². The fourth-order valence-corrected chi connectivity index (χ4v) is 2.01. The van der Waals surface area contributed by atoms with Crippen LogP contribution in [-0.4, -0.2) is 38.0 Å². The Kier molecular flexibility index (Phi) is 9.60. The Bertz CT molecular complexity index is 588. The minimum absolute atomic E-state index is 0. The molecule has 0 saturated heterocycles. The summed E-state index contributed by atoms with van der Waals surface area (Å²) in [4.78, 5) is 16.5. The maximum atomic E-state index is 12.7. The van der Waals surface area contributed by atoms with Crippen LogP contribution >= 0.6 is 24.8 Å². The highest BCUT2D eigenvalue weighted by Crippen LogP contribution is 2.18. The average molecular weight is 360 g/mol. The van der Waals surface area contributed by atoms with Gasteiger partial charge in [-0.25, -0.2) is 0 Å². The zero-order chi connectivity index (χ0) is 15.2. The maximum absolute atomic E-state index is 12.7. The molecule has 0 spiro atoms. The fourth-order valence-electron chi connectivity index (χ4n) is 2.01. The number of carbonyl (C=O) groups excluding carboxylic acids is 1. The molecule has 0 radical (unpaired) electrons. The van der Waals surface area contributed by atoms with Crippen molar-refractivity contribution in [1.82, 2.24) is 4.90 Å². The molecule has 1 aromatic heterocycles. The van der Waals surface area contributed by atoms with Gasteiger partial charge in [0.25, 0.3) is 5.91 Å². The molecule has 0 saturated carbocycles. The number of benzene rings is 1. The molecule has 5 nitrogen and oxygen atoms in total. The quantitative estimate of drug-likeness (QED) is 0.861. The molecule has 1 amide bonds. The molecule has 23 heavy (non-hydrogen) atoms. The first kappa shape index (κ1) is 21.5. The zero-order valence-corrected chi connectivity index (χ0v) is 14.9. The molecule has 0 aliphatic rings. The first-order chi connectivity index (χ1) is 10.1. The normalized spacial score (nSPS) is 9.91. The number of carbonyl (C=O) groups is 1. The number of nitrogens with two attached hydrogens (primary N) is 1. The molecule has 0 aliphatic heterocycles. The Morgan fingerprint density at radius 1 is 1.13 bits per heavy atom.